The zero-order chi connectivity index (χ0) is 12.0. The molecule has 1 unspecified atom stereocenters. The van der Waals surface area contributed by atoms with Crippen LogP contribution in [0.3, 0.4) is 0 Å². The molecule has 1 aromatic rings. The molecular formula is C10H16N4O2. The van der Waals surface area contributed by atoms with Gasteiger partial charge in [-0.05, 0) is 19.9 Å². The summed E-state index contributed by atoms with van der Waals surface area (Å²) in [7, 11) is 0. The highest BCUT2D eigenvalue weighted by Crippen LogP contribution is 1.95. The third kappa shape index (κ3) is 4.33. The number of carbonyl (C=O) groups excluding carboxylic acids is 1. The van der Waals surface area contributed by atoms with Crippen molar-refractivity contribution in [3.8, 4) is 0 Å². The van der Waals surface area contributed by atoms with Crippen LogP contribution in [0.2, 0.25) is 0 Å². The van der Waals surface area contributed by atoms with Gasteiger partial charge in [0, 0.05) is 6.54 Å². The molecule has 6 heteroatoms. The van der Waals surface area contributed by atoms with Crippen molar-refractivity contribution in [1.29, 1.82) is 0 Å². The molecule has 88 valence electrons. The minimum absolute atomic E-state index is 0.160. The number of nitrogens with two attached hydrogens (primary N) is 1. The highest BCUT2D eigenvalue weighted by molar-refractivity contribution is 5.90. The molecule has 0 fully saturated rings. The second-order valence-corrected chi connectivity index (χ2v) is 3.57. The van der Waals surface area contributed by atoms with E-state index in [2.05, 4.69) is 15.3 Å². The van der Waals surface area contributed by atoms with E-state index in [4.69, 9.17) is 10.8 Å². The summed E-state index contributed by atoms with van der Waals surface area (Å²) >= 11 is 0. The summed E-state index contributed by atoms with van der Waals surface area (Å²) in [4.78, 5) is 18.6. The zero-order valence-electron chi connectivity index (χ0n) is 9.18. The summed E-state index contributed by atoms with van der Waals surface area (Å²) in [6.07, 6.45) is 3.24. The fourth-order valence-electron chi connectivity index (χ4n) is 1.10. The Morgan fingerprint density at radius 3 is 2.81 bits per heavy atom. The predicted octanol–water partition coefficient (Wildman–Crippen LogP) is -0.564. The van der Waals surface area contributed by atoms with Crippen LogP contribution in [0.1, 0.15) is 29.5 Å². The second-order valence-electron chi connectivity index (χ2n) is 3.57. The third-order valence-corrected chi connectivity index (χ3v) is 2.00. The van der Waals surface area contributed by atoms with Gasteiger partial charge < -0.3 is 16.2 Å². The summed E-state index contributed by atoms with van der Waals surface area (Å²) in [5.74, 6) is -0.582. The van der Waals surface area contributed by atoms with Gasteiger partial charge in [0.2, 0.25) is 0 Å². The van der Waals surface area contributed by atoms with E-state index in [1.165, 1.54) is 12.4 Å². The highest BCUT2D eigenvalue weighted by atomic mass is 16.3. The Bertz CT molecular complexity index is 337. The van der Waals surface area contributed by atoms with Crippen LogP contribution >= 0.6 is 0 Å². The minimum Gasteiger partial charge on any atom is -0.393 e. The van der Waals surface area contributed by atoms with Gasteiger partial charge in [-0.3, -0.25) is 9.78 Å². The van der Waals surface area contributed by atoms with Gasteiger partial charge in [0.05, 0.1) is 24.2 Å². The zero-order valence-corrected chi connectivity index (χ0v) is 9.18. The first-order chi connectivity index (χ1) is 7.59. The van der Waals surface area contributed by atoms with Gasteiger partial charge in [-0.15, -0.1) is 0 Å². The van der Waals surface area contributed by atoms with E-state index in [-0.39, 0.29) is 11.8 Å². The minimum atomic E-state index is -0.582. The molecule has 0 aliphatic carbocycles. The Morgan fingerprint density at radius 2 is 2.31 bits per heavy atom. The third-order valence-electron chi connectivity index (χ3n) is 2.00. The first kappa shape index (κ1) is 12.5. The molecule has 16 heavy (non-hydrogen) atoms. The molecule has 1 rings (SSSR count). The fourth-order valence-corrected chi connectivity index (χ4v) is 1.10. The predicted molar refractivity (Wildman–Crippen MR) is 58.6 cm³/mol. The molecule has 0 saturated heterocycles. The standard InChI is InChI=1S/C10H16N4O2/c1-7(15)2-3-12-4-8-5-14-9(6-13-8)10(11)16/h5-7,12,15H,2-4H2,1H3,(H2,11,16). The molecule has 0 aromatic carbocycles. The van der Waals surface area contributed by atoms with Gasteiger partial charge in [0.25, 0.3) is 5.91 Å². The average molecular weight is 224 g/mol. The Morgan fingerprint density at radius 1 is 1.56 bits per heavy atom. The molecular weight excluding hydrogens is 208 g/mol. The van der Waals surface area contributed by atoms with E-state index < -0.39 is 5.91 Å². The van der Waals surface area contributed by atoms with E-state index >= 15 is 0 Å². The van der Waals surface area contributed by atoms with Gasteiger partial charge >= 0.3 is 0 Å². The molecule has 1 aromatic heterocycles. The number of rotatable bonds is 6. The van der Waals surface area contributed by atoms with Crippen molar-refractivity contribution < 1.29 is 9.90 Å². The van der Waals surface area contributed by atoms with E-state index in [0.29, 0.717) is 19.5 Å². The van der Waals surface area contributed by atoms with Crippen molar-refractivity contribution in [3.63, 3.8) is 0 Å². The molecule has 0 radical (unpaired) electrons. The van der Waals surface area contributed by atoms with Crippen LogP contribution in [0.25, 0.3) is 0 Å². The van der Waals surface area contributed by atoms with Crippen molar-refractivity contribution in [1.82, 2.24) is 15.3 Å². The van der Waals surface area contributed by atoms with Crippen LogP contribution in [0.15, 0.2) is 12.4 Å². The SMILES string of the molecule is CC(O)CCNCc1cnc(C(N)=O)cn1. The monoisotopic (exact) mass is 224 g/mol. The maximum Gasteiger partial charge on any atom is 0.268 e. The fraction of sp³-hybridized carbons (Fsp3) is 0.500. The van der Waals surface area contributed by atoms with E-state index in [0.717, 1.165) is 5.69 Å². The molecule has 4 N–H and O–H groups in total. The van der Waals surface area contributed by atoms with E-state index in [1.807, 2.05) is 0 Å². The maximum atomic E-state index is 10.7. The number of nitrogens with zero attached hydrogens (tertiary/aromatic N) is 2. The van der Waals surface area contributed by atoms with Gasteiger partial charge in [-0.25, -0.2) is 4.98 Å². The summed E-state index contributed by atoms with van der Waals surface area (Å²) < 4.78 is 0. The lowest BCUT2D eigenvalue weighted by Crippen LogP contribution is -2.20. The smallest absolute Gasteiger partial charge is 0.268 e. The topological polar surface area (TPSA) is 101 Å². The molecule has 1 atom stereocenters. The highest BCUT2D eigenvalue weighted by Gasteiger charge is 2.02. The van der Waals surface area contributed by atoms with Crippen LogP contribution in [-0.4, -0.2) is 33.6 Å². The molecule has 0 aliphatic heterocycles. The lowest BCUT2D eigenvalue weighted by atomic mass is 10.3. The van der Waals surface area contributed by atoms with E-state index in [1.54, 1.807) is 6.92 Å². The Labute approximate surface area is 93.9 Å². The number of aliphatic hydroxyl groups excluding tert-OH is 1. The number of hydrogen-bond donors (Lipinski definition) is 3. The van der Waals surface area contributed by atoms with Crippen LogP contribution in [0, 0.1) is 0 Å². The van der Waals surface area contributed by atoms with Crippen LogP contribution in [-0.2, 0) is 6.54 Å². The largest absolute Gasteiger partial charge is 0.393 e. The summed E-state index contributed by atoms with van der Waals surface area (Å²) in [6.45, 7) is 3.00. The second kappa shape index (κ2) is 6.14. The molecule has 0 spiro atoms. The Hall–Kier alpha value is -1.53. The molecule has 1 heterocycles. The summed E-state index contributed by atoms with van der Waals surface area (Å²) in [6, 6.07) is 0. The lowest BCUT2D eigenvalue weighted by Gasteiger charge is -2.05. The summed E-state index contributed by atoms with van der Waals surface area (Å²) in [5, 5.41) is 12.1. The van der Waals surface area contributed by atoms with Crippen molar-refractivity contribution in [3.05, 3.63) is 23.8 Å². The number of nitrogens with one attached hydrogen (secondary N) is 1. The van der Waals surface area contributed by atoms with Crippen molar-refractivity contribution in [2.75, 3.05) is 6.54 Å². The molecule has 0 saturated carbocycles. The number of amides is 1. The number of carbonyl (C=O) groups is 1. The van der Waals surface area contributed by atoms with E-state index in [9.17, 15) is 4.79 Å². The molecule has 0 aliphatic rings. The quantitative estimate of drug-likeness (QED) is 0.562. The molecule has 1 amide bonds. The van der Waals surface area contributed by atoms with Gasteiger partial charge in [-0.2, -0.15) is 0 Å². The number of aliphatic hydroxyl groups is 1. The van der Waals surface area contributed by atoms with Gasteiger partial charge in [0.1, 0.15) is 5.69 Å². The number of aromatic nitrogens is 2. The first-order valence-corrected chi connectivity index (χ1v) is 5.09. The number of primary amides is 1. The lowest BCUT2D eigenvalue weighted by molar-refractivity contribution is 0.0995. The maximum absolute atomic E-state index is 10.7. The Kier molecular flexibility index (Phi) is 4.81. The van der Waals surface area contributed by atoms with Crippen LogP contribution < -0.4 is 11.1 Å². The van der Waals surface area contributed by atoms with Crippen molar-refractivity contribution in [2.45, 2.75) is 26.0 Å². The van der Waals surface area contributed by atoms with Crippen LogP contribution in [0.4, 0.5) is 0 Å². The van der Waals surface area contributed by atoms with Crippen molar-refractivity contribution in [2.24, 2.45) is 5.73 Å². The average Bonchev–Trinajstić information content (AvgIpc) is 2.25. The molecule has 0 bridgehead atoms. The van der Waals surface area contributed by atoms with Crippen molar-refractivity contribution >= 4 is 5.91 Å². The van der Waals surface area contributed by atoms with Gasteiger partial charge in [0.15, 0.2) is 0 Å². The number of hydrogen-bond acceptors (Lipinski definition) is 5. The Balaban J connectivity index is 2.35. The van der Waals surface area contributed by atoms with Crippen LogP contribution in [0.5, 0.6) is 0 Å². The molecule has 6 nitrogen and oxygen atoms in total. The first-order valence-electron chi connectivity index (χ1n) is 5.09. The van der Waals surface area contributed by atoms with Gasteiger partial charge in [-0.1, -0.05) is 0 Å². The normalized spacial score (nSPS) is 12.4. The summed E-state index contributed by atoms with van der Waals surface area (Å²) in [5.41, 5.74) is 5.93.